The van der Waals surface area contributed by atoms with Crippen LogP contribution in [-0.2, 0) is 15.8 Å². The van der Waals surface area contributed by atoms with Crippen molar-refractivity contribution in [2.75, 3.05) is 11.9 Å². The molecule has 0 spiro atoms. The number of alkyl halides is 6. The Kier molecular flexibility index (Phi) is 6.14. The lowest BCUT2D eigenvalue weighted by Crippen LogP contribution is -2.47. The zero-order valence-corrected chi connectivity index (χ0v) is 15.7. The number of ether oxygens (including phenoxy) is 1. The van der Waals surface area contributed by atoms with Crippen LogP contribution < -0.4 is 15.4 Å². The summed E-state index contributed by atoms with van der Waals surface area (Å²) in [6.07, 6.45) is -9.47. The van der Waals surface area contributed by atoms with Gasteiger partial charge in [0, 0.05) is 12.5 Å². The van der Waals surface area contributed by atoms with E-state index in [4.69, 9.17) is 0 Å². The van der Waals surface area contributed by atoms with Crippen LogP contribution in [0, 0.1) is 5.92 Å². The molecule has 2 N–H and O–H groups in total. The van der Waals surface area contributed by atoms with E-state index in [2.05, 4.69) is 15.4 Å². The number of carbonyl (C=O) groups is 2. The van der Waals surface area contributed by atoms with E-state index in [0.717, 1.165) is 30.3 Å². The summed E-state index contributed by atoms with van der Waals surface area (Å²) in [5, 5.41) is 4.60. The second-order valence-electron chi connectivity index (χ2n) is 6.82. The first-order valence-corrected chi connectivity index (χ1v) is 9.06. The number of hydrogen-bond donors (Lipinski definition) is 2. The molecule has 1 aliphatic heterocycles. The van der Waals surface area contributed by atoms with Crippen LogP contribution in [0.1, 0.15) is 23.5 Å². The molecule has 1 fully saturated rings. The van der Waals surface area contributed by atoms with Gasteiger partial charge in [-0.25, -0.2) is 0 Å². The van der Waals surface area contributed by atoms with Crippen LogP contribution >= 0.6 is 0 Å². The Hall–Kier alpha value is -3.24. The molecule has 2 atom stereocenters. The quantitative estimate of drug-likeness (QED) is 0.538. The fraction of sp³-hybridized carbons (Fsp3) is 0.300. The molecule has 3 rings (SSSR count). The number of anilines is 1. The van der Waals surface area contributed by atoms with Crippen LogP contribution in [0.4, 0.5) is 32.0 Å². The minimum atomic E-state index is -4.93. The molecule has 166 valence electrons. The van der Waals surface area contributed by atoms with Crippen LogP contribution in [0.25, 0.3) is 0 Å². The molecule has 0 aromatic heterocycles. The zero-order chi connectivity index (χ0) is 22.8. The van der Waals surface area contributed by atoms with Crippen LogP contribution in [0.3, 0.4) is 0 Å². The maximum Gasteiger partial charge on any atom is 0.573 e. The van der Waals surface area contributed by atoms with Crippen LogP contribution in [0.5, 0.6) is 5.75 Å². The van der Waals surface area contributed by atoms with Gasteiger partial charge >= 0.3 is 12.5 Å². The Labute approximate surface area is 172 Å². The monoisotopic (exact) mass is 446 g/mol. The van der Waals surface area contributed by atoms with E-state index >= 15 is 0 Å². The predicted octanol–water partition coefficient (Wildman–Crippen LogP) is 4.46. The van der Waals surface area contributed by atoms with Crippen molar-refractivity contribution in [1.82, 2.24) is 5.32 Å². The standard InChI is InChI=1S/C20H16F6N2O3/c21-19(22,23)14-6-1-2-7-15(14)28-18(30)16-13(8-9-27-17(16)29)11-4-3-5-12(10-11)31-20(24,25)26/h1-7,10,13,16H,8-9H2,(H,27,29)(H,28,30). The number of benzene rings is 2. The Bertz CT molecular complexity index is 974. The van der Waals surface area contributed by atoms with E-state index < -0.39 is 53.2 Å². The number of rotatable bonds is 4. The van der Waals surface area contributed by atoms with Crippen molar-refractivity contribution in [2.45, 2.75) is 24.9 Å². The average molecular weight is 446 g/mol. The molecule has 2 unspecified atom stereocenters. The molecule has 1 saturated heterocycles. The van der Waals surface area contributed by atoms with Gasteiger partial charge in [-0.3, -0.25) is 9.59 Å². The molecule has 5 nitrogen and oxygen atoms in total. The molecule has 2 aromatic carbocycles. The zero-order valence-electron chi connectivity index (χ0n) is 15.7. The van der Waals surface area contributed by atoms with E-state index in [1.54, 1.807) is 0 Å². The van der Waals surface area contributed by atoms with Gasteiger partial charge in [-0.2, -0.15) is 13.2 Å². The normalized spacial score (nSPS) is 19.5. The van der Waals surface area contributed by atoms with Gasteiger partial charge in [0.1, 0.15) is 11.7 Å². The molecule has 1 aliphatic rings. The minimum absolute atomic E-state index is 0.150. The van der Waals surface area contributed by atoms with Crippen LogP contribution in [-0.4, -0.2) is 24.7 Å². The second-order valence-corrected chi connectivity index (χ2v) is 6.82. The molecule has 0 aliphatic carbocycles. The fourth-order valence-electron chi connectivity index (χ4n) is 3.46. The smallest absolute Gasteiger partial charge is 0.406 e. The lowest BCUT2D eigenvalue weighted by molar-refractivity contribution is -0.274. The molecule has 1 heterocycles. The number of piperidine rings is 1. The molecule has 31 heavy (non-hydrogen) atoms. The lowest BCUT2D eigenvalue weighted by Gasteiger charge is -2.31. The first kappa shape index (κ1) is 22.4. The van der Waals surface area contributed by atoms with E-state index in [9.17, 15) is 35.9 Å². The van der Waals surface area contributed by atoms with Gasteiger partial charge in [0.15, 0.2) is 0 Å². The van der Waals surface area contributed by atoms with Gasteiger partial charge in [0.05, 0.1) is 11.3 Å². The van der Waals surface area contributed by atoms with Gasteiger partial charge < -0.3 is 15.4 Å². The molecule has 0 bridgehead atoms. The van der Waals surface area contributed by atoms with E-state index in [1.165, 1.54) is 18.2 Å². The van der Waals surface area contributed by atoms with Crippen molar-refractivity contribution in [1.29, 1.82) is 0 Å². The number of halogens is 6. The molecule has 2 aromatic rings. The Morgan fingerprint density at radius 1 is 1.03 bits per heavy atom. The van der Waals surface area contributed by atoms with Crippen molar-refractivity contribution >= 4 is 17.5 Å². The highest BCUT2D eigenvalue weighted by Crippen LogP contribution is 2.37. The lowest BCUT2D eigenvalue weighted by atomic mass is 9.80. The number of para-hydroxylation sites is 1. The van der Waals surface area contributed by atoms with Crippen molar-refractivity contribution < 1.29 is 40.7 Å². The fourth-order valence-corrected chi connectivity index (χ4v) is 3.46. The van der Waals surface area contributed by atoms with Crippen molar-refractivity contribution in [3.05, 3.63) is 59.7 Å². The first-order chi connectivity index (χ1) is 14.5. The Balaban J connectivity index is 1.90. The summed E-state index contributed by atoms with van der Waals surface area (Å²) in [4.78, 5) is 25.2. The third-order valence-electron chi connectivity index (χ3n) is 4.73. The van der Waals surface area contributed by atoms with E-state index in [1.807, 2.05) is 0 Å². The largest absolute Gasteiger partial charge is 0.573 e. The summed E-state index contributed by atoms with van der Waals surface area (Å²) in [5.41, 5.74) is -1.39. The summed E-state index contributed by atoms with van der Waals surface area (Å²) in [5.74, 6) is -4.57. The van der Waals surface area contributed by atoms with Gasteiger partial charge in [0.2, 0.25) is 11.8 Å². The first-order valence-electron chi connectivity index (χ1n) is 9.06. The van der Waals surface area contributed by atoms with Gasteiger partial charge in [-0.1, -0.05) is 24.3 Å². The van der Waals surface area contributed by atoms with Crippen molar-refractivity contribution in [3.8, 4) is 5.75 Å². The van der Waals surface area contributed by atoms with Crippen molar-refractivity contribution in [2.24, 2.45) is 5.92 Å². The predicted molar refractivity (Wildman–Crippen MR) is 97.1 cm³/mol. The maximum absolute atomic E-state index is 13.2. The summed E-state index contributed by atoms with van der Waals surface area (Å²) in [6, 6.07) is 9.10. The van der Waals surface area contributed by atoms with Crippen LogP contribution in [0.15, 0.2) is 48.5 Å². The Morgan fingerprint density at radius 3 is 2.42 bits per heavy atom. The van der Waals surface area contributed by atoms with Gasteiger partial charge in [-0.15, -0.1) is 13.2 Å². The number of amides is 2. The topological polar surface area (TPSA) is 67.4 Å². The highest BCUT2D eigenvalue weighted by molar-refractivity contribution is 6.08. The van der Waals surface area contributed by atoms with Gasteiger partial charge in [-0.05, 0) is 36.2 Å². The summed E-state index contributed by atoms with van der Waals surface area (Å²) < 4.78 is 81.0. The van der Waals surface area contributed by atoms with Crippen LogP contribution in [0.2, 0.25) is 0 Å². The summed E-state index contributed by atoms with van der Waals surface area (Å²) >= 11 is 0. The molecular formula is C20H16F6N2O3. The highest BCUT2D eigenvalue weighted by atomic mass is 19.4. The molecular weight excluding hydrogens is 430 g/mol. The number of carbonyl (C=O) groups excluding carboxylic acids is 2. The molecule has 0 saturated carbocycles. The summed E-state index contributed by atoms with van der Waals surface area (Å²) in [6.45, 7) is 0.150. The number of nitrogens with one attached hydrogen (secondary N) is 2. The summed E-state index contributed by atoms with van der Waals surface area (Å²) in [7, 11) is 0. The molecule has 11 heteroatoms. The molecule has 2 amide bonds. The average Bonchev–Trinajstić information content (AvgIpc) is 2.66. The maximum atomic E-state index is 13.2. The second kappa shape index (κ2) is 8.48. The van der Waals surface area contributed by atoms with E-state index in [0.29, 0.717) is 0 Å². The van der Waals surface area contributed by atoms with Gasteiger partial charge in [0.25, 0.3) is 0 Å². The number of hydrogen-bond acceptors (Lipinski definition) is 3. The minimum Gasteiger partial charge on any atom is -0.406 e. The third-order valence-corrected chi connectivity index (χ3v) is 4.73. The SMILES string of the molecule is O=C1NCCC(c2cccc(OC(F)(F)F)c2)C1C(=O)Nc1ccccc1C(F)(F)F. The van der Waals surface area contributed by atoms with E-state index in [-0.39, 0.29) is 18.5 Å². The van der Waals surface area contributed by atoms with Crippen molar-refractivity contribution in [3.63, 3.8) is 0 Å². The highest BCUT2D eigenvalue weighted by Gasteiger charge is 2.40. The third kappa shape index (κ3) is 5.47. The Morgan fingerprint density at radius 2 is 1.74 bits per heavy atom. The molecule has 0 radical (unpaired) electrons.